The number of hydrogen-bond donors (Lipinski definition) is 1. The van der Waals surface area contributed by atoms with Crippen LogP contribution in [0.4, 0.5) is 13.6 Å². The predicted molar refractivity (Wildman–Crippen MR) is 98.9 cm³/mol. The van der Waals surface area contributed by atoms with Crippen molar-refractivity contribution in [2.24, 2.45) is 0 Å². The third kappa shape index (κ3) is 3.99. The number of carbonyl (C=O) groups is 2. The summed E-state index contributed by atoms with van der Waals surface area (Å²) in [6, 6.07) is 3.53. The number of likely N-dealkylation sites (N-methyl/N-ethyl adjacent to an activating group) is 1. The SMILES string of the molecule is CCOC(=O)C1=C(COc2ccc(F)cc2F)N(C)C(=O)N[C@H]1c1ccsc1. The molecule has 0 unspecified atom stereocenters. The Bertz CT molecular complexity index is 915. The van der Waals surface area contributed by atoms with Crippen LogP contribution in [0.25, 0.3) is 0 Å². The van der Waals surface area contributed by atoms with Crippen LogP contribution in [-0.2, 0) is 9.53 Å². The van der Waals surface area contributed by atoms with Crippen molar-refractivity contribution >= 4 is 23.3 Å². The van der Waals surface area contributed by atoms with Gasteiger partial charge < -0.3 is 14.8 Å². The predicted octanol–water partition coefficient (Wildman–Crippen LogP) is 3.62. The summed E-state index contributed by atoms with van der Waals surface area (Å²) in [4.78, 5) is 26.3. The van der Waals surface area contributed by atoms with Crippen molar-refractivity contribution in [2.75, 3.05) is 20.3 Å². The number of nitrogens with one attached hydrogen (secondary N) is 1. The smallest absolute Gasteiger partial charge is 0.338 e. The highest BCUT2D eigenvalue weighted by molar-refractivity contribution is 7.08. The van der Waals surface area contributed by atoms with Crippen molar-refractivity contribution in [1.29, 1.82) is 0 Å². The summed E-state index contributed by atoms with van der Waals surface area (Å²) in [6.07, 6.45) is 0. The topological polar surface area (TPSA) is 67.9 Å². The van der Waals surface area contributed by atoms with Gasteiger partial charge in [-0.05, 0) is 41.4 Å². The largest absolute Gasteiger partial charge is 0.484 e. The quantitative estimate of drug-likeness (QED) is 0.742. The molecule has 1 atom stereocenters. The van der Waals surface area contributed by atoms with Crippen LogP contribution in [0.2, 0.25) is 0 Å². The number of halogens is 2. The van der Waals surface area contributed by atoms with Crippen molar-refractivity contribution < 1.29 is 27.8 Å². The molecule has 2 aromatic rings. The molecule has 1 aromatic heterocycles. The highest BCUT2D eigenvalue weighted by atomic mass is 32.1. The fourth-order valence-corrected chi connectivity index (χ4v) is 3.50. The number of hydrogen-bond acceptors (Lipinski definition) is 5. The Balaban J connectivity index is 2.00. The van der Waals surface area contributed by atoms with Crippen molar-refractivity contribution in [3.63, 3.8) is 0 Å². The normalized spacial score (nSPS) is 16.8. The molecule has 0 saturated carbocycles. The standard InChI is InChI=1S/C19H18F2N2O4S/c1-3-26-18(24)16-14(9-27-15-5-4-12(20)8-13(15)21)23(2)19(25)22-17(16)11-6-7-28-10-11/h4-8,10,17H,3,9H2,1-2H3,(H,22,25)/t17-/m0/s1. The zero-order valence-electron chi connectivity index (χ0n) is 15.2. The number of nitrogens with zero attached hydrogens (tertiary/aromatic N) is 1. The van der Waals surface area contributed by atoms with Gasteiger partial charge in [0, 0.05) is 13.1 Å². The van der Waals surface area contributed by atoms with Crippen molar-refractivity contribution in [3.8, 4) is 5.75 Å². The van der Waals surface area contributed by atoms with Gasteiger partial charge in [-0.1, -0.05) is 0 Å². The molecule has 9 heteroatoms. The molecule has 6 nitrogen and oxygen atoms in total. The highest BCUT2D eigenvalue weighted by Gasteiger charge is 2.37. The highest BCUT2D eigenvalue weighted by Crippen LogP contribution is 2.32. The van der Waals surface area contributed by atoms with E-state index in [4.69, 9.17) is 9.47 Å². The molecule has 1 aliphatic heterocycles. The zero-order chi connectivity index (χ0) is 20.3. The number of rotatable bonds is 6. The first-order chi connectivity index (χ1) is 13.4. The van der Waals surface area contributed by atoms with E-state index in [1.807, 2.05) is 10.8 Å². The van der Waals surface area contributed by atoms with Gasteiger partial charge in [0.15, 0.2) is 11.6 Å². The van der Waals surface area contributed by atoms with E-state index in [9.17, 15) is 18.4 Å². The van der Waals surface area contributed by atoms with E-state index < -0.39 is 29.7 Å². The first-order valence-electron chi connectivity index (χ1n) is 8.46. The number of benzene rings is 1. The molecular weight excluding hydrogens is 390 g/mol. The number of amides is 2. The second-order valence-corrected chi connectivity index (χ2v) is 6.72. The van der Waals surface area contributed by atoms with E-state index in [0.717, 1.165) is 17.7 Å². The summed E-state index contributed by atoms with van der Waals surface area (Å²) >= 11 is 1.42. The Labute approximate surface area is 164 Å². The molecule has 0 spiro atoms. The molecule has 1 aromatic carbocycles. The maximum atomic E-state index is 13.9. The van der Waals surface area contributed by atoms with Crippen LogP contribution in [0.5, 0.6) is 5.75 Å². The fraction of sp³-hybridized carbons (Fsp3) is 0.263. The Hall–Kier alpha value is -2.94. The molecule has 0 aliphatic carbocycles. The Morgan fingerprint density at radius 3 is 2.75 bits per heavy atom. The Kier molecular flexibility index (Phi) is 5.93. The lowest BCUT2D eigenvalue weighted by Gasteiger charge is -2.34. The number of ether oxygens (including phenoxy) is 2. The molecule has 1 N–H and O–H groups in total. The summed E-state index contributed by atoms with van der Waals surface area (Å²) in [5.74, 6) is -2.41. The number of thiophene rings is 1. The minimum atomic E-state index is -0.879. The average Bonchev–Trinajstić information content (AvgIpc) is 3.18. The summed E-state index contributed by atoms with van der Waals surface area (Å²) in [6.45, 7) is 1.55. The summed E-state index contributed by atoms with van der Waals surface area (Å²) in [5, 5.41) is 6.40. The van der Waals surface area contributed by atoms with Crippen LogP contribution in [0.1, 0.15) is 18.5 Å². The zero-order valence-corrected chi connectivity index (χ0v) is 16.0. The molecule has 28 heavy (non-hydrogen) atoms. The van der Waals surface area contributed by atoms with Gasteiger partial charge in [0.25, 0.3) is 0 Å². The molecule has 0 fully saturated rings. The third-order valence-electron chi connectivity index (χ3n) is 4.21. The molecule has 0 saturated heterocycles. The van der Waals surface area contributed by atoms with Crippen LogP contribution in [0, 0.1) is 11.6 Å². The summed E-state index contributed by atoms with van der Waals surface area (Å²) in [7, 11) is 1.47. The minimum absolute atomic E-state index is 0.150. The van der Waals surface area contributed by atoms with Crippen LogP contribution < -0.4 is 10.1 Å². The van der Waals surface area contributed by atoms with Gasteiger partial charge in [-0.25, -0.2) is 18.4 Å². The maximum absolute atomic E-state index is 13.9. The van der Waals surface area contributed by atoms with Crippen molar-refractivity contribution in [3.05, 3.63) is 63.5 Å². The summed E-state index contributed by atoms with van der Waals surface area (Å²) in [5.41, 5.74) is 1.16. The van der Waals surface area contributed by atoms with Gasteiger partial charge in [0.2, 0.25) is 0 Å². The first kappa shape index (κ1) is 19.8. The van der Waals surface area contributed by atoms with E-state index in [1.54, 1.807) is 13.0 Å². The average molecular weight is 408 g/mol. The van der Waals surface area contributed by atoms with Gasteiger partial charge in [-0.15, -0.1) is 0 Å². The Morgan fingerprint density at radius 1 is 1.32 bits per heavy atom. The minimum Gasteiger partial charge on any atom is -0.484 e. The van der Waals surface area contributed by atoms with Crippen LogP contribution in [0.3, 0.4) is 0 Å². The van der Waals surface area contributed by atoms with E-state index >= 15 is 0 Å². The molecule has 148 valence electrons. The van der Waals surface area contributed by atoms with Gasteiger partial charge in [-0.3, -0.25) is 4.90 Å². The van der Waals surface area contributed by atoms with Crippen molar-refractivity contribution in [2.45, 2.75) is 13.0 Å². The number of urea groups is 1. The van der Waals surface area contributed by atoms with E-state index in [0.29, 0.717) is 6.07 Å². The molecular formula is C19H18F2N2O4S. The molecule has 1 aliphatic rings. The molecule has 0 radical (unpaired) electrons. The van der Waals surface area contributed by atoms with Crippen LogP contribution >= 0.6 is 11.3 Å². The van der Waals surface area contributed by atoms with Gasteiger partial charge in [0.1, 0.15) is 12.4 Å². The van der Waals surface area contributed by atoms with E-state index in [1.165, 1.54) is 23.3 Å². The van der Waals surface area contributed by atoms with E-state index in [2.05, 4.69) is 5.32 Å². The first-order valence-corrected chi connectivity index (χ1v) is 9.41. The lowest BCUT2D eigenvalue weighted by molar-refractivity contribution is -0.139. The fourth-order valence-electron chi connectivity index (χ4n) is 2.81. The summed E-state index contributed by atoms with van der Waals surface area (Å²) < 4.78 is 37.6. The molecule has 0 bridgehead atoms. The number of carbonyl (C=O) groups excluding carboxylic acids is 2. The second kappa shape index (κ2) is 8.39. The van der Waals surface area contributed by atoms with Gasteiger partial charge in [-0.2, -0.15) is 11.3 Å². The molecule has 3 rings (SSSR count). The van der Waals surface area contributed by atoms with Crippen LogP contribution in [-0.4, -0.2) is 37.2 Å². The van der Waals surface area contributed by atoms with Crippen LogP contribution in [0.15, 0.2) is 46.3 Å². The van der Waals surface area contributed by atoms with Gasteiger partial charge in [0.05, 0.1) is 23.9 Å². The second-order valence-electron chi connectivity index (χ2n) is 5.94. The number of esters is 1. The maximum Gasteiger partial charge on any atom is 0.338 e. The third-order valence-corrected chi connectivity index (χ3v) is 4.91. The van der Waals surface area contributed by atoms with E-state index in [-0.39, 0.29) is 30.2 Å². The molecule has 2 heterocycles. The Morgan fingerprint density at radius 2 is 2.11 bits per heavy atom. The van der Waals surface area contributed by atoms with Crippen molar-refractivity contribution in [1.82, 2.24) is 10.2 Å². The lowest BCUT2D eigenvalue weighted by atomic mass is 9.97. The lowest BCUT2D eigenvalue weighted by Crippen LogP contribution is -2.48. The monoisotopic (exact) mass is 408 g/mol. The molecule has 2 amide bonds. The van der Waals surface area contributed by atoms with Gasteiger partial charge >= 0.3 is 12.0 Å².